The average molecular weight is 693 g/mol. The Morgan fingerprint density at radius 3 is 0.892 bits per heavy atom. The summed E-state index contributed by atoms with van der Waals surface area (Å²) >= 11 is 15.8. The summed E-state index contributed by atoms with van der Waals surface area (Å²) in [4.78, 5) is 0. The van der Waals surface area contributed by atoms with Crippen molar-refractivity contribution in [2.24, 2.45) is 0 Å². The highest BCUT2D eigenvalue weighted by atomic mass is 127. The second-order valence-electron chi connectivity index (χ2n) is 10.1. The highest BCUT2D eigenvalue weighted by Crippen LogP contribution is 2.43. The lowest BCUT2D eigenvalue weighted by Crippen LogP contribution is -2.11. The molecule has 0 nitrogen and oxygen atoms in total. The number of hydrogen-bond acceptors (Lipinski definition) is 0. The van der Waals surface area contributed by atoms with Crippen LogP contribution >= 0.6 is 58.8 Å². The van der Waals surface area contributed by atoms with E-state index >= 15 is 0 Å². The largest absolute Gasteiger partial charge is 0.120 e. The maximum Gasteiger partial charge on any atom is 0.116 e. The minimum atomic E-state index is -0.678. The maximum absolute atomic E-state index is 6.65. The van der Waals surface area contributed by atoms with Gasteiger partial charge in [0.2, 0.25) is 0 Å². The molecule has 0 atom stereocenters. The minimum absolute atomic E-state index is 0.641. The van der Waals surface area contributed by atoms with Crippen LogP contribution in [0, 0.1) is 0 Å². The number of fused-ring (bicyclic) bond motifs is 4. The van der Waals surface area contributed by atoms with Crippen LogP contribution < -0.4 is 21.2 Å². The molecule has 0 bridgehead atoms. The summed E-state index contributed by atoms with van der Waals surface area (Å²) in [5, 5.41) is 5.35. The maximum atomic E-state index is 6.65. The van der Waals surface area contributed by atoms with Crippen molar-refractivity contribution in [1.29, 1.82) is 0 Å². The van der Waals surface area contributed by atoms with E-state index in [1.807, 2.05) is 0 Å². The molecule has 0 aromatic heterocycles. The predicted octanol–water partition coefficient (Wildman–Crippen LogP) is 9.00. The van der Waals surface area contributed by atoms with Gasteiger partial charge in [-0.15, -0.1) is 21.8 Å². The van der Waals surface area contributed by atoms with Crippen molar-refractivity contribution in [2.45, 2.75) is 45.3 Å². The second-order valence-corrected chi connectivity index (χ2v) is 29.1. The van der Waals surface area contributed by atoms with Crippen LogP contribution in [0.2, 0.25) is 19.6 Å². The van der Waals surface area contributed by atoms with Crippen molar-refractivity contribution in [3.05, 3.63) is 119 Å². The summed E-state index contributed by atoms with van der Waals surface area (Å²) in [5.74, 6) is 0. The number of halogens is 3. The predicted molar refractivity (Wildman–Crippen MR) is 182 cm³/mol. The van der Waals surface area contributed by atoms with Crippen LogP contribution in [0.15, 0.2) is 97.1 Å². The molecule has 0 radical (unpaired) electrons. The van der Waals surface area contributed by atoms with E-state index in [4.69, 9.17) is 22.5 Å². The average Bonchev–Trinajstić information content (AvgIpc) is 3.13. The van der Waals surface area contributed by atoms with Crippen molar-refractivity contribution in [3.63, 3.8) is 0 Å². The van der Waals surface area contributed by atoms with Crippen LogP contribution in [-0.2, 0) is 25.7 Å². The first-order valence-electron chi connectivity index (χ1n) is 12.6. The zero-order valence-electron chi connectivity index (χ0n) is 21.6. The van der Waals surface area contributed by atoms with Gasteiger partial charge < -0.3 is 0 Å². The molecule has 4 aromatic rings. The first-order chi connectivity index (χ1) is 17.7. The van der Waals surface area contributed by atoms with Crippen LogP contribution in [-0.4, -0.2) is 5.57 Å². The molecule has 0 N–H and O–H groups in total. The first kappa shape index (κ1) is 29.3. The topological polar surface area (TPSA) is 0 Å². The van der Waals surface area contributed by atoms with E-state index < -0.39 is 20.1 Å². The van der Waals surface area contributed by atoms with Gasteiger partial charge in [0, 0.05) is 0 Å². The molecule has 2 aliphatic rings. The summed E-state index contributed by atoms with van der Waals surface area (Å²) in [5.41, 5.74) is 5.02. The molecule has 0 saturated heterocycles. The number of rotatable bonds is 0. The second kappa shape index (κ2) is 13.6. The SMILES string of the molecule is C[Si](C)(C)I.ClP1c2ccccc2CCc2ccccc21.ClP1c2ccccc2CCc2ccccc21. The molecule has 6 rings (SSSR count). The molecule has 0 unspecified atom stereocenters. The van der Waals surface area contributed by atoms with Crippen LogP contribution in [0.4, 0.5) is 0 Å². The molecule has 0 spiro atoms. The van der Waals surface area contributed by atoms with Crippen LogP contribution in [0.25, 0.3) is 0 Å². The van der Waals surface area contributed by atoms with Gasteiger partial charge in [0.15, 0.2) is 0 Å². The lowest BCUT2D eigenvalue weighted by molar-refractivity contribution is 0.977. The van der Waals surface area contributed by atoms with Gasteiger partial charge in [0.05, 0.1) is 14.5 Å². The van der Waals surface area contributed by atoms with Gasteiger partial charge in [0.25, 0.3) is 0 Å². The molecule has 192 valence electrons. The molecule has 6 heteroatoms. The summed E-state index contributed by atoms with van der Waals surface area (Å²) in [6, 6.07) is 34.3. The molecule has 37 heavy (non-hydrogen) atoms. The smallest absolute Gasteiger partial charge is 0.116 e. The fraction of sp³-hybridized carbons (Fsp3) is 0.226. The fourth-order valence-corrected chi connectivity index (χ4v) is 9.57. The van der Waals surface area contributed by atoms with Crippen molar-refractivity contribution in [2.75, 3.05) is 0 Å². The van der Waals surface area contributed by atoms with Crippen molar-refractivity contribution >= 4 is 85.6 Å². The van der Waals surface area contributed by atoms with E-state index in [2.05, 4.69) is 139 Å². The highest BCUT2D eigenvalue weighted by molar-refractivity contribution is 14.1. The third-order valence-corrected chi connectivity index (χ3v) is 11.8. The van der Waals surface area contributed by atoms with E-state index in [0.717, 1.165) is 25.7 Å². The molecule has 0 saturated carbocycles. The van der Waals surface area contributed by atoms with Gasteiger partial charge in [-0.05, 0) is 69.2 Å². The monoisotopic (exact) mass is 692 g/mol. The van der Waals surface area contributed by atoms with Gasteiger partial charge in [-0.2, -0.15) is 0 Å². The number of hydrogen-bond donors (Lipinski definition) is 0. The normalized spacial score (nSPS) is 14.6. The van der Waals surface area contributed by atoms with Gasteiger partial charge >= 0.3 is 0 Å². The standard InChI is InChI=1S/2C14H12ClP.C3H9ISi/c2*15-16-13-7-3-1-5-11(13)9-10-12-6-2-4-8-14(12)16;1-5(2,3)4/h2*1-8H,9-10H2;1-3H3. The Morgan fingerprint density at radius 2 is 0.676 bits per heavy atom. The lowest BCUT2D eigenvalue weighted by atomic mass is 10.0. The highest BCUT2D eigenvalue weighted by Gasteiger charge is 2.21. The molecule has 0 amide bonds. The Balaban J connectivity index is 0.000000147. The van der Waals surface area contributed by atoms with Crippen LogP contribution in [0.3, 0.4) is 0 Å². The van der Waals surface area contributed by atoms with E-state index in [1.54, 1.807) is 0 Å². The van der Waals surface area contributed by atoms with E-state index in [1.165, 1.54) is 43.5 Å². The minimum Gasteiger partial charge on any atom is -0.120 e. The Morgan fingerprint density at radius 1 is 0.486 bits per heavy atom. The Kier molecular flexibility index (Phi) is 10.7. The fourth-order valence-electron chi connectivity index (χ4n) is 4.45. The van der Waals surface area contributed by atoms with Crippen molar-refractivity contribution in [3.8, 4) is 0 Å². The Labute approximate surface area is 248 Å². The van der Waals surface area contributed by atoms with E-state index in [-0.39, 0.29) is 0 Å². The van der Waals surface area contributed by atoms with Gasteiger partial charge in [-0.1, -0.05) is 139 Å². The first-order valence-corrected chi connectivity index (χ1v) is 23.8. The third-order valence-electron chi connectivity index (χ3n) is 6.14. The molecule has 0 fully saturated rings. The molecule has 4 aromatic carbocycles. The van der Waals surface area contributed by atoms with Crippen LogP contribution in [0.1, 0.15) is 22.3 Å². The summed E-state index contributed by atoms with van der Waals surface area (Å²) in [7, 11) is -1.36. The van der Waals surface area contributed by atoms with Crippen molar-refractivity contribution < 1.29 is 0 Å². The third kappa shape index (κ3) is 8.13. The van der Waals surface area contributed by atoms with Crippen molar-refractivity contribution in [1.82, 2.24) is 0 Å². The Bertz CT molecular complexity index is 1140. The summed E-state index contributed by atoms with van der Waals surface area (Å²) < 4.78 is 0. The molecule has 2 heterocycles. The van der Waals surface area contributed by atoms with E-state index in [0.29, 0.717) is 0 Å². The molecular weight excluding hydrogens is 660 g/mol. The quantitative estimate of drug-likeness (QED) is 0.0747. The zero-order chi connectivity index (χ0) is 26.4. The van der Waals surface area contributed by atoms with Gasteiger partial charge in [-0.25, -0.2) is 0 Å². The van der Waals surface area contributed by atoms with Gasteiger partial charge in [0.1, 0.15) is 5.57 Å². The lowest BCUT2D eigenvalue weighted by Gasteiger charge is -2.12. The number of benzene rings is 4. The van der Waals surface area contributed by atoms with Crippen LogP contribution in [0.5, 0.6) is 0 Å². The zero-order valence-corrected chi connectivity index (χ0v) is 28.1. The summed E-state index contributed by atoms with van der Waals surface area (Å²) in [6.07, 6.45) is 4.44. The Hall–Kier alpha value is -0.733. The molecule has 2 aliphatic heterocycles. The van der Waals surface area contributed by atoms with E-state index in [9.17, 15) is 0 Å². The van der Waals surface area contributed by atoms with Gasteiger partial charge in [-0.3, -0.25) is 0 Å². The molecule has 0 aliphatic carbocycles. The number of aryl methyl sites for hydroxylation is 4. The molecular formula is C31H33Cl2IP2Si. The summed E-state index contributed by atoms with van der Waals surface area (Å²) in [6.45, 7) is 6.94.